The molecule has 0 atom stereocenters. The van der Waals surface area contributed by atoms with Gasteiger partial charge in [-0.1, -0.05) is 6.92 Å². The molecule has 0 aliphatic heterocycles. The monoisotopic (exact) mass is 318 g/mol. The third-order valence-electron chi connectivity index (χ3n) is 2.80. The van der Waals surface area contributed by atoms with Gasteiger partial charge in [-0.3, -0.25) is 4.68 Å². The summed E-state index contributed by atoms with van der Waals surface area (Å²) in [6, 6.07) is 9.65. The first-order chi connectivity index (χ1) is 9.24. The number of nitrogens with one attached hydrogen (secondary N) is 1. The molecule has 0 saturated carbocycles. The molecule has 0 radical (unpaired) electrons. The first kappa shape index (κ1) is 13.6. The van der Waals surface area contributed by atoms with Gasteiger partial charge in [0.25, 0.3) is 0 Å². The molecule has 1 aromatic heterocycles. The van der Waals surface area contributed by atoms with Gasteiger partial charge in [0, 0.05) is 22.9 Å². The van der Waals surface area contributed by atoms with Gasteiger partial charge >= 0.3 is 0 Å². The predicted molar refractivity (Wildman–Crippen MR) is 78.7 cm³/mol. The summed E-state index contributed by atoms with van der Waals surface area (Å²) in [4.78, 5) is 0. The van der Waals surface area contributed by atoms with Gasteiger partial charge in [-0.15, -0.1) is 0 Å². The molecule has 1 aromatic carbocycles. The summed E-state index contributed by atoms with van der Waals surface area (Å²) in [5, 5.41) is 16.5. The van der Waals surface area contributed by atoms with Crippen LogP contribution in [0.4, 0.5) is 5.69 Å². The topological polar surface area (TPSA) is 53.6 Å². The normalized spacial score (nSPS) is 10.2. The molecule has 5 heteroatoms. The van der Waals surface area contributed by atoms with Crippen LogP contribution in [-0.2, 0) is 13.1 Å². The maximum Gasteiger partial charge on any atom is 0.0992 e. The second-order valence-electron chi connectivity index (χ2n) is 4.21. The molecule has 2 rings (SSSR count). The van der Waals surface area contributed by atoms with E-state index in [9.17, 15) is 0 Å². The Bertz CT molecular complexity index is 598. The summed E-state index contributed by atoms with van der Waals surface area (Å²) < 4.78 is 2.90. The lowest BCUT2D eigenvalue weighted by Crippen LogP contribution is -2.09. The molecular weight excluding hydrogens is 304 g/mol. The molecule has 98 valence electrons. The van der Waals surface area contributed by atoms with E-state index in [1.165, 1.54) is 0 Å². The maximum absolute atomic E-state index is 8.83. The average Bonchev–Trinajstić information content (AvgIpc) is 2.85. The molecule has 0 aliphatic carbocycles. The Hall–Kier alpha value is -1.80. The Kier molecular flexibility index (Phi) is 4.58. The fraction of sp³-hybridized carbons (Fsp3) is 0.286. The molecule has 0 saturated heterocycles. The number of benzene rings is 1. The van der Waals surface area contributed by atoms with Crippen molar-refractivity contribution in [2.24, 2.45) is 0 Å². The van der Waals surface area contributed by atoms with Gasteiger partial charge < -0.3 is 5.32 Å². The Morgan fingerprint density at radius 1 is 1.42 bits per heavy atom. The van der Waals surface area contributed by atoms with E-state index in [-0.39, 0.29) is 0 Å². The minimum Gasteiger partial charge on any atom is -0.378 e. The number of halogens is 1. The lowest BCUT2D eigenvalue weighted by molar-refractivity contribution is 0.578. The summed E-state index contributed by atoms with van der Waals surface area (Å²) in [5.74, 6) is 0. The summed E-state index contributed by atoms with van der Waals surface area (Å²) in [5.41, 5.74) is 2.77. The van der Waals surface area contributed by atoms with Gasteiger partial charge in [0.1, 0.15) is 0 Å². The van der Waals surface area contributed by atoms with Crippen LogP contribution in [0.15, 0.2) is 34.9 Å². The van der Waals surface area contributed by atoms with Gasteiger partial charge in [-0.2, -0.15) is 10.4 Å². The molecule has 4 nitrogen and oxygen atoms in total. The van der Waals surface area contributed by atoms with E-state index in [0.29, 0.717) is 12.1 Å². The molecule has 0 unspecified atom stereocenters. The molecule has 1 heterocycles. The van der Waals surface area contributed by atoms with E-state index in [0.717, 1.165) is 28.8 Å². The smallest absolute Gasteiger partial charge is 0.0992 e. The summed E-state index contributed by atoms with van der Waals surface area (Å²) >= 11 is 3.47. The third kappa shape index (κ3) is 3.36. The molecule has 0 fully saturated rings. The van der Waals surface area contributed by atoms with Crippen LogP contribution in [0.1, 0.15) is 24.6 Å². The summed E-state index contributed by atoms with van der Waals surface area (Å²) in [7, 11) is 0. The van der Waals surface area contributed by atoms with Crippen LogP contribution < -0.4 is 5.32 Å². The fourth-order valence-electron chi connectivity index (χ4n) is 1.84. The summed E-state index contributed by atoms with van der Waals surface area (Å²) in [6.45, 7) is 3.78. The van der Waals surface area contributed by atoms with E-state index in [4.69, 9.17) is 5.26 Å². The van der Waals surface area contributed by atoms with Crippen LogP contribution >= 0.6 is 15.9 Å². The Balaban J connectivity index is 2.06. The molecule has 0 aliphatic rings. The highest BCUT2D eigenvalue weighted by Gasteiger charge is 2.04. The molecular formula is C14H15BrN4. The van der Waals surface area contributed by atoms with E-state index >= 15 is 0 Å². The van der Waals surface area contributed by atoms with Crippen molar-refractivity contribution in [1.29, 1.82) is 5.26 Å². The molecule has 0 spiro atoms. The minimum atomic E-state index is 0.647. The van der Waals surface area contributed by atoms with Gasteiger partial charge in [-0.05, 0) is 46.6 Å². The van der Waals surface area contributed by atoms with Crippen LogP contribution in [0.3, 0.4) is 0 Å². The van der Waals surface area contributed by atoms with Crippen molar-refractivity contribution in [1.82, 2.24) is 9.78 Å². The quantitative estimate of drug-likeness (QED) is 0.917. The second kappa shape index (κ2) is 6.39. The number of hydrogen-bond donors (Lipinski definition) is 1. The average molecular weight is 319 g/mol. The van der Waals surface area contributed by atoms with Crippen LogP contribution in [0.25, 0.3) is 0 Å². The van der Waals surface area contributed by atoms with Crippen LogP contribution in [0.2, 0.25) is 0 Å². The first-order valence-electron chi connectivity index (χ1n) is 6.18. The van der Waals surface area contributed by atoms with Gasteiger partial charge in [0.15, 0.2) is 0 Å². The molecule has 2 aromatic rings. The zero-order chi connectivity index (χ0) is 13.7. The third-order valence-corrected chi connectivity index (χ3v) is 3.45. The predicted octanol–water partition coefficient (Wildman–Crippen LogP) is 3.54. The molecule has 19 heavy (non-hydrogen) atoms. The minimum absolute atomic E-state index is 0.647. The van der Waals surface area contributed by atoms with Crippen molar-refractivity contribution >= 4 is 21.6 Å². The standard InChI is InChI=1S/C14H15BrN4/c1-2-7-19-12(5-6-18-19)10-17-14-4-3-11(9-16)8-13(14)15/h3-6,8,17H,2,7,10H2,1H3. The SMILES string of the molecule is CCCn1nccc1CNc1ccc(C#N)cc1Br. The molecule has 1 N–H and O–H groups in total. The highest BCUT2D eigenvalue weighted by molar-refractivity contribution is 9.10. The van der Waals surface area contributed by atoms with Crippen molar-refractivity contribution in [3.8, 4) is 6.07 Å². The van der Waals surface area contributed by atoms with Crippen molar-refractivity contribution in [3.05, 3.63) is 46.2 Å². The maximum atomic E-state index is 8.83. The zero-order valence-electron chi connectivity index (χ0n) is 10.7. The number of rotatable bonds is 5. The number of nitriles is 1. The zero-order valence-corrected chi connectivity index (χ0v) is 12.3. The Labute approximate surface area is 121 Å². The van der Waals surface area contributed by atoms with Crippen LogP contribution in [0.5, 0.6) is 0 Å². The highest BCUT2D eigenvalue weighted by Crippen LogP contribution is 2.23. The lowest BCUT2D eigenvalue weighted by Gasteiger charge is -2.10. The Morgan fingerprint density at radius 2 is 2.26 bits per heavy atom. The van der Waals surface area contributed by atoms with Crippen LogP contribution in [-0.4, -0.2) is 9.78 Å². The number of nitrogens with zero attached hydrogens (tertiary/aromatic N) is 3. The molecule has 0 amide bonds. The second-order valence-corrected chi connectivity index (χ2v) is 5.06. The number of aromatic nitrogens is 2. The highest BCUT2D eigenvalue weighted by atomic mass is 79.9. The Morgan fingerprint density at radius 3 is 2.95 bits per heavy atom. The van der Waals surface area contributed by atoms with Crippen LogP contribution in [0, 0.1) is 11.3 Å². The first-order valence-corrected chi connectivity index (χ1v) is 6.98. The summed E-state index contributed by atoms with van der Waals surface area (Å²) in [6.07, 6.45) is 2.88. The van der Waals surface area contributed by atoms with E-state index in [1.807, 2.05) is 29.1 Å². The largest absolute Gasteiger partial charge is 0.378 e. The van der Waals surface area contributed by atoms with E-state index < -0.39 is 0 Å². The van der Waals surface area contributed by atoms with Crippen molar-refractivity contribution in [2.75, 3.05) is 5.32 Å². The molecule has 0 bridgehead atoms. The lowest BCUT2D eigenvalue weighted by atomic mass is 10.2. The van der Waals surface area contributed by atoms with Gasteiger partial charge in [0.2, 0.25) is 0 Å². The van der Waals surface area contributed by atoms with Gasteiger partial charge in [-0.25, -0.2) is 0 Å². The van der Waals surface area contributed by atoms with Crippen molar-refractivity contribution in [3.63, 3.8) is 0 Å². The fourth-order valence-corrected chi connectivity index (χ4v) is 2.36. The van der Waals surface area contributed by atoms with Gasteiger partial charge in [0.05, 0.1) is 23.9 Å². The van der Waals surface area contributed by atoms with Crippen molar-refractivity contribution in [2.45, 2.75) is 26.4 Å². The number of aryl methyl sites for hydroxylation is 1. The van der Waals surface area contributed by atoms with Crippen molar-refractivity contribution < 1.29 is 0 Å². The number of anilines is 1. The van der Waals surface area contributed by atoms with E-state index in [2.05, 4.69) is 39.3 Å². The number of hydrogen-bond acceptors (Lipinski definition) is 3. The van der Waals surface area contributed by atoms with E-state index in [1.54, 1.807) is 6.07 Å².